The average Bonchev–Trinajstić information content (AvgIpc) is 2.42. The second-order valence-corrected chi connectivity index (χ2v) is 4.03. The topological polar surface area (TPSA) is 52.9 Å². The van der Waals surface area contributed by atoms with E-state index in [0.29, 0.717) is 21.8 Å². The van der Waals surface area contributed by atoms with E-state index >= 15 is 0 Å². The zero-order chi connectivity index (χ0) is 13.0. The highest BCUT2D eigenvalue weighted by Gasteiger charge is 2.06. The fourth-order valence-corrected chi connectivity index (χ4v) is 1.64. The molecule has 0 atom stereocenters. The Kier molecular flexibility index (Phi) is 3.61. The average molecular weight is 257 g/mol. The molecule has 0 unspecified atom stereocenters. The maximum Gasteiger partial charge on any atom is 0.255 e. The number of amides is 1. The van der Waals surface area contributed by atoms with Crippen molar-refractivity contribution in [2.24, 2.45) is 0 Å². The quantitative estimate of drug-likeness (QED) is 0.895. The molecule has 0 aromatic heterocycles. The van der Waals surface area contributed by atoms with E-state index in [4.69, 9.17) is 16.9 Å². The number of nitrogens with one attached hydrogen (secondary N) is 1. The Morgan fingerprint density at radius 2 is 1.89 bits per heavy atom. The summed E-state index contributed by atoms with van der Waals surface area (Å²) in [5, 5.41) is 11.9. The summed E-state index contributed by atoms with van der Waals surface area (Å²) in [6.45, 7) is 0. The van der Waals surface area contributed by atoms with Gasteiger partial charge in [-0.05, 0) is 30.3 Å². The first-order valence-electron chi connectivity index (χ1n) is 5.27. The minimum atomic E-state index is -0.221. The van der Waals surface area contributed by atoms with Gasteiger partial charge in [0, 0.05) is 11.3 Å². The maximum atomic E-state index is 11.9. The maximum absolute atomic E-state index is 11.9. The molecule has 0 aliphatic heterocycles. The van der Waals surface area contributed by atoms with Gasteiger partial charge in [-0.2, -0.15) is 5.26 Å². The van der Waals surface area contributed by atoms with Gasteiger partial charge in [-0.3, -0.25) is 4.79 Å². The van der Waals surface area contributed by atoms with Crippen LogP contribution in [0.4, 0.5) is 5.69 Å². The molecule has 1 amide bonds. The van der Waals surface area contributed by atoms with Gasteiger partial charge in [-0.1, -0.05) is 29.8 Å². The van der Waals surface area contributed by atoms with E-state index < -0.39 is 0 Å². The van der Waals surface area contributed by atoms with Crippen LogP contribution in [0.1, 0.15) is 15.9 Å². The van der Waals surface area contributed by atoms with Gasteiger partial charge in [0.2, 0.25) is 0 Å². The first-order valence-corrected chi connectivity index (χ1v) is 5.64. The van der Waals surface area contributed by atoms with Crippen molar-refractivity contribution in [2.45, 2.75) is 0 Å². The summed E-state index contributed by atoms with van der Waals surface area (Å²) in [7, 11) is 0. The molecule has 2 aromatic rings. The molecule has 88 valence electrons. The highest BCUT2D eigenvalue weighted by Crippen LogP contribution is 2.20. The second kappa shape index (κ2) is 5.35. The number of rotatable bonds is 2. The summed E-state index contributed by atoms with van der Waals surface area (Å²) in [4.78, 5) is 11.9. The molecule has 0 saturated carbocycles. The van der Waals surface area contributed by atoms with Crippen molar-refractivity contribution in [2.75, 3.05) is 5.32 Å². The second-order valence-electron chi connectivity index (χ2n) is 3.63. The molecule has 3 nitrogen and oxygen atoms in total. The van der Waals surface area contributed by atoms with Gasteiger partial charge in [0.25, 0.3) is 5.91 Å². The Bertz CT molecular complexity index is 617. The minimum Gasteiger partial charge on any atom is -0.322 e. The Balaban J connectivity index is 2.20. The van der Waals surface area contributed by atoms with E-state index in [2.05, 4.69) is 5.32 Å². The van der Waals surface area contributed by atoms with E-state index in [1.165, 1.54) is 0 Å². The van der Waals surface area contributed by atoms with Crippen LogP contribution in [0, 0.1) is 11.3 Å². The number of nitrogens with zero attached hydrogens (tertiary/aromatic N) is 1. The molecule has 0 radical (unpaired) electrons. The zero-order valence-electron chi connectivity index (χ0n) is 9.35. The molecule has 1 N–H and O–H groups in total. The molecule has 4 heteroatoms. The Labute approximate surface area is 110 Å². The normalized spacial score (nSPS) is 9.56. The number of hydrogen-bond acceptors (Lipinski definition) is 2. The van der Waals surface area contributed by atoms with Crippen LogP contribution in [0.5, 0.6) is 0 Å². The number of nitriles is 1. The summed E-state index contributed by atoms with van der Waals surface area (Å²) in [6.07, 6.45) is 0. The highest BCUT2D eigenvalue weighted by molar-refractivity contribution is 6.31. The van der Waals surface area contributed by atoms with Crippen molar-refractivity contribution < 1.29 is 4.79 Å². The van der Waals surface area contributed by atoms with Gasteiger partial charge in [0.05, 0.1) is 10.6 Å². The Hall–Kier alpha value is -2.31. The minimum absolute atomic E-state index is 0.221. The third kappa shape index (κ3) is 2.68. The molecule has 2 aromatic carbocycles. The Morgan fingerprint density at radius 3 is 2.56 bits per heavy atom. The fourth-order valence-electron chi connectivity index (χ4n) is 1.48. The summed E-state index contributed by atoms with van der Waals surface area (Å²) >= 11 is 5.81. The number of carbonyl (C=O) groups excluding carboxylic acids is 1. The monoisotopic (exact) mass is 256 g/mol. The van der Waals surface area contributed by atoms with Crippen molar-refractivity contribution in [3.63, 3.8) is 0 Å². The highest BCUT2D eigenvalue weighted by atomic mass is 35.5. The van der Waals surface area contributed by atoms with Gasteiger partial charge in [0.15, 0.2) is 0 Å². The smallest absolute Gasteiger partial charge is 0.255 e. The predicted octanol–water partition coefficient (Wildman–Crippen LogP) is 3.46. The van der Waals surface area contributed by atoms with Crippen molar-refractivity contribution >= 4 is 23.2 Å². The standard InChI is InChI=1S/C14H9ClN2O/c15-13-7-6-12(8-11(13)9-16)17-14(18)10-4-2-1-3-5-10/h1-8H,(H,17,18). The number of halogens is 1. The molecule has 0 fully saturated rings. The van der Waals surface area contributed by atoms with E-state index in [0.717, 1.165) is 0 Å². The van der Waals surface area contributed by atoms with E-state index in [-0.39, 0.29) is 5.91 Å². The molecule has 0 heterocycles. The van der Waals surface area contributed by atoms with Crippen molar-refractivity contribution in [1.82, 2.24) is 0 Å². The van der Waals surface area contributed by atoms with Crippen LogP contribution in [0.15, 0.2) is 48.5 Å². The van der Waals surface area contributed by atoms with E-state index in [1.807, 2.05) is 12.1 Å². The lowest BCUT2D eigenvalue weighted by molar-refractivity contribution is 0.102. The van der Waals surface area contributed by atoms with Gasteiger partial charge < -0.3 is 5.32 Å². The first kappa shape index (κ1) is 12.2. The number of carbonyl (C=O) groups is 1. The summed E-state index contributed by atoms with van der Waals surface area (Å²) in [5.41, 5.74) is 1.44. The SMILES string of the molecule is N#Cc1cc(NC(=O)c2ccccc2)ccc1Cl. The van der Waals surface area contributed by atoms with Crippen LogP contribution in [0.3, 0.4) is 0 Å². The third-order valence-corrected chi connectivity index (χ3v) is 2.71. The van der Waals surface area contributed by atoms with Crippen LogP contribution >= 0.6 is 11.6 Å². The number of hydrogen-bond donors (Lipinski definition) is 1. The third-order valence-electron chi connectivity index (χ3n) is 2.38. The molecule has 18 heavy (non-hydrogen) atoms. The molecular weight excluding hydrogens is 248 g/mol. The number of anilines is 1. The molecule has 0 saturated heterocycles. The summed E-state index contributed by atoms with van der Waals surface area (Å²) < 4.78 is 0. The lowest BCUT2D eigenvalue weighted by Crippen LogP contribution is -2.11. The molecule has 2 rings (SSSR count). The van der Waals surface area contributed by atoms with Crippen LogP contribution in [0.2, 0.25) is 5.02 Å². The fraction of sp³-hybridized carbons (Fsp3) is 0. The van der Waals surface area contributed by atoms with Gasteiger partial charge in [0.1, 0.15) is 6.07 Å². The predicted molar refractivity (Wildman–Crippen MR) is 70.6 cm³/mol. The zero-order valence-corrected chi connectivity index (χ0v) is 10.1. The molecule has 0 aliphatic rings. The van der Waals surface area contributed by atoms with Crippen LogP contribution in [-0.2, 0) is 0 Å². The van der Waals surface area contributed by atoms with E-state index in [9.17, 15) is 4.79 Å². The van der Waals surface area contributed by atoms with Gasteiger partial charge >= 0.3 is 0 Å². The number of benzene rings is 2. The molecule has 0 bridgehead atoms. The van der Waals surface area contributed by atoms with Crippen molar-refractivity contribution in [3.05, 3.63) is 64.7 Å². The molecular formula is C14H9ClN2O. The van der Waals surface area contributed by atoms with Crippen molar-refractivity contribution in [1.29, 1.82) is 5.26 Å². The lowest BCUT2D eigenvalue weighted by Gasteiger charge is -2.06. The van der Waals surface area contributed by atoms with Crippen molar-refractivity contribution in [3.8, 4) is 6.07 Å². The van der Waals surface area contributed by atoms with Gasteiger partial charge in [-0.15, -0.1) is 0 Å². The van der Waals surface area contributed by atoms with E-state index in [1.54, 1.807) is 42.5 Å². The van der Waals surface area contributed by atoms with Crippen LogP contribution in [0.25, 0.3) is 0 Å². The molecule has 0 spiro atoms. The lowest BCUT2D eigenvalue weighted by atomic mass is 10.2. The summed E-state index contributed by atoms with van der Waals surface area (Å²) in [6, 6.07) is 15.6. The van der Waals surface area contributed by atoms with Crippen LogP contribution < -0.4 is 5.32 Å². The van der Waals surface area contributed by atoms with Crippen LogP contribution in [-0.4, -0.2) is 5.91 Å². The summed E-state index contributed by atoms with van der Waals surface area (Å²) in [5.74, 6) is -0.221. The van der Waals surface area contributed by atoms with Gasteiger partial charge in [-0.25, -0.2) is 0 Å². The first-order chi connectivity index (χ1) is 8.70. The Morgan fingerprint density at radius 1 is 1.17 bits per heavy atom. The molecule has 0 aliphatic carbocycles. The largest absolute Gasteiger partial charge is 0.322 e.